The molecular weight excluding hydrogens is 202 g/mol. The summed E-state index contributed by atoms with van der Waals surface area (Å²) in [6.45, 7) is 9.84. The molecule has 0 unspecified atom stereocenters. The summed E-state index contributed by atoms with van der Waals surface area (Å²) in [5, 5.41) is 3.09. The third-order valence-electron chi connectivity index (χ3n) is 2.11. The molecule has 0 atom stereocenters. The number of hydrogen-bond acceptors (Lipinski definition) is 4. The smallest absolute Gasteiger partial charge is 0.226 e. The van der Waals surface area contributed by atoms with E-state index >= 15 is 0 Å². The van der Waals surface area contributed by atoms with Crippen molar-refractivity contribution < 1.29 is 4.74 Å². The third kappa shape index (κ3) is 4.47. The standard InChI is InChI=1S/C12H21N3O/c1-5-13-12-14-10(4)8-11(15-12)16-7-6-9(2)3/h8-9H,5-7H2,1-4H3,(H,13,14,15). The quantitative estimate of drug-likeness (QED) is 0.805. The molecule has 90 valence electrons. The van der Waals surface area contributed by atoms with E-state index in [2.05, 4.69) is 29.1 Å². The van der Waals surface area contributed by atoms with Crippen LogP contribution in [0.5, 0.6) is 5.88 Å². The molecule has 0 saturated heterocycles. The summed E-state index contributed by atoms with van der Waals surface area (Å²) in [5.74, 6) is 1.95. The number of aromatic nitrogens is 2. The molecule has 0 aliphatic carbocycles. The Labute approximate surface area is 97.5 Å². The number of anilines is 1. The molecule has 0 spiro atoms. The van der Waals surface area contributed by atoms with Crippen LogP contribution in [0.1, 0.15) is 32.9 Å². The third-order valence-corrected chi connectivity index (χ3v) is 2.11. The van der Waals surface area contributed by atoms with Crippen molar-refractivity contribution in [3.63, 3.8) is 0 Å². The zero-order valence-corrected chi connectivity index (χ0v) is 10.6. The fraction of sp³-hybridized carbons (Fsp3) is 0.667. The van der Waals surface area contributed by atoms with Crippen molar-refractivity contribution in [1.82, 2.24) is 9.97 Å². The molecule has 0 bridgehead atoms. The largest absolute Gasteiger partial charge is 0.478 e. The molecule has 4 heteroatoms. The summed E-state index contributed by atoms with van der Waals surface area (Å²) >= 11 is 0. The molecule has 0 amide bonds. The minimum Gasteiger partial charge on any atom is -0.478 e. The number of nitrogens with one attached hydrogen (secondary N) is 1. The SMILES string of the molecule is CCNc1nc(C)cc(OCCC(C)C)n1. The van der Waals surface area contributed by atoms with Crippen molar-refractivity contribution in [3.8, 4) is 5.88 Å². The Kier molecular flexibility index (Phi) is 5.02. The first kappa shape index (κ1) is 12.7. The molecular formula is C12H21N3O. The van der Waals surface area contributed by atoms with Gasteiger partial charge in [-0.15, -0.1) is 0 Å². The van der Waals surface area contributed by atoms with Crippen LogP contribution in [0, 0.1) is 12.8 Å². The summed E-state index contributed by atoms with van der Waals surface area (Å²) in [6, 6.07) is 1.86. The van der Waals surface area contributed by atoms with Gasteiger partial charge in [0.25, 0.3) is 0 Å². The molecule has 16 heavy (non-hydrogen) atoms. The van der Waals surface area contributed by atoms with Gasteiger partial charge in [-0.05, 0) is 26.2 Å². The van der Waals surface area contributed by atoms with Crippen LogP contribution in [0.25, 0.3) is 0 Å². The van der Waals surface area contributed by atoms with Crippen LogP contribution in [0.3, 0.4) is 0 Å². The van der Waals surface area contributed by atoms with Gasteiger partial charge in [0.2, 0.25) is 11.8 Å². The number of rotatable bonds is 6. The minimum absolute atomic E-state index is 0.641. The van der Waals surface area contributed by atoms with Crippen molar-refractivity contribution in [1.29, 1.82) is 0 Å². The Bertz CT molecular complexity index is 326. The monoisotopic (exact) mass is 223 g/mol. The number of nitrogens with zero attached hydrogens (tertiary/aromatic N) is 2. The molecule has 0 fully saturated rings. The van der Waals surface area contributed by atoms with Gasteiger partial charge in [-0.25, -0.2) is 4.98 Å². The van der Waals surface area contributed by atoms with Gasteiger partial charge in [0, 0.05) is 18.3 Å². The molecule has 1 heterocycles. The predicted octanol–water partition coefficient (Wildman–Crippen LogP) is 2.64. The average Bonchev–Trinajstić information content (AvgIpc) is 2.16. The summed E-state index contributed by atoms with van der Waals surface area (Å²) < 4.78 is 5.59. The van der Waals surface area contributed by atoms with Crippen LogP contribution in [-0.2, 0) is 0 Å². The van der Waals surface area contributed by atoms with E-state index in [4.69, 9.17) is 4.74 Å². The lowest BCUT2D eigenvalue weighted by molar-refractivity contribution is 0.279. The highest BCUT2D eigenvalue weighted by atomic mass is 16.5. The van der Waals surface area contributed by atoms with Crippen LogP contribution < -0.4 is 10.1 Å². The van der Waals surface area contributed by atoms with Gasteiger partial charge >= 0.3 is 0 Å². The maximum absolute atomic E-state index is 5.59. The lowest BCUT2D eigenvalue weighted by Crippen LogP contribution is -2.07. The number of aryl methyl sites for hydroxylation is 1. The molecule has 0 radical (unpaired) electrons. The second-order valence-corrected chi connectivity index (χ2v) is 4.23. The van der Waals surface area contributed by atoms with Gasteiger partial charge in [-0.3, -0.25) is 0 Å². The number of hydrogen-bond donors (Lipinski definition) is 1. The minimum atomic E-state index is 0.641. The van der Waals surface area contributed by atoms with Gasteiger partial charge in [0.05, 0.1) is 6.61 Å². The van der Waals surface area contributed by atoms with Gasteiger partial charge in [-0.1, -0.05) is 13.8 Å². The molecule has 0 aliphatic heterocycles. The van der Waals surface area contributed by atoms with Crippen LogP contribution in [-0.4, -0.2) is 23.1 Å². The van der Waals surface area contributed by atoms with E-state index in [0.29, 0.717) is 24.4 Å². The Balaban J connectivity index is 2.58. The topological polar surface area (TPSA) is 47.0 Å². The second-order valence-electron chi connectivity index (χ2n) is 4.23. The molecule has 1 aromatic rings. The molecule has 0 aliphatic rings. The highest BCUT2D eigenvalue weighted by Crippen LogP contribution is 2.12. The van der Waals surface area contributed by atoms with E-state index in [0.717, 1.165) is 18.7 Å². The van der Waals surface area contributed by atoms with Crippen LogP contribution in [0.15, 0.2) is 6.07 Å². The van der Waals surface area contributed by atoms with Crippen LogP contribution in [0.2, 0.25) is 0 Å². The van der Waals surface area contributed by atoms with Gasteiger partial charge < -0.3 is 10.1 Å². The van der Waals surface area contributed by atoms with Crippen LogP contribution >= 0.6 is 0 Å². The van der Waals surface area contributed by atoms with Crippen molar-refractivity contribution >= 4 is 5.95 Å². The summed E-state index contributed by atoms with van der Waals surface area (Å²) in [6.07, 6.45) is 1.04. The Morgan fingerprint density at radius 3 is 2.75 bits per heavy atom. The first-order valence-electron chi connectivity index (χ1n) is 5.84. The van der Waals surface area contributed by atoms with E-state index in [1.807, 2.05) is 19.9 Å². The van der Waals surface area contributed by atoms with Gasteiger partial charge in [0.15, 0.2) is 0 Å². The second kappa shape index (κ2) is 6.30. The lowest BCUT2D eigenvalue weighted by atomic mass is 10.1. The van der Waals surface area contributed by atoms with E-state index in [1.165, 1.54) is 0 Å². The summed E-state index contributed by atoms with van der Waals surface area (Å²) in [4.78, 5) is 8.54. The van der Waals surface area contributed by atoms with E-state index in [-0.39, 0.29) is 0 Å². The Morgan fingerprint density at radius 1 is 1.38 bits per heavy atom. The van der Waals surface area contributed by atoms with Crippen molar-refractivity contribution in [3.05, 3.63) is 11.8 Å². The highest BCUT2D eigenvalue weighted by molar-refractivity contribution is 5.30. The van der Waals surface area contributed by atoms with E-state index in [1.54, 1.807) is 0 Å². The maximum atomic E-state index is 5.59. The normalized spacial score (nSPS) is 10.6. The molecule has 1 aromatic heterocycles. The Hall–Kier alpha value is -1.32. The molecule has 4 nitrogen and oxygen atoms in total. The first-order chi connectivity index (χ1) is 7.61. The summed E-state index contributed by atoms with van der Waals surface area (Å²) in [7, 11) is 0. The molecule has 1 N–H and O–H groups in total. The van der Waals surface area contributed by atoms with Crippen molar-refractivity contribution in [2.75, 3.05) is 18.5 Å². The molecule has 1 rings (SSSR count). The lowest BCUT2D eigenvalue weighted by Gasteiger charge is -2.09. The zero-order valence-electron chi connectivity index (χ0n) is 10.6. The predicted molar refractivity (Wildman–Crippen MR) is 65.9 cm³/mol. The summed E-state index contributed by atoms with van der Waals surface area (Å²) in [5.41, 5.74) is 0.922. The number of ether oxygens (including phenoxy) is 1. The molecule has 0 saturated carbocycles. The fourth-order valence-corrected chi connectivity index (χ4v) is 1.25. The van der Waals surface area contributed by atoms with Gasteiger partial charge in [-0.2, -0.15) is 4.98 Å². The van der Waals surface area contributed by atoms with E-state index < -0.39 is 0 Å². The Morgan fingerprint density at radius 2 is 2.12 bits per heavy atom. The van der Waals surface area contributed by atoms with E-state index in [9.17, 15) is 0 Å². The maximum Gasteiger partial charge on any atom is 0.226 e. The van der Waals surface area contributed by atoms with Crippen molar-refractivity contribution in [2.45, 2.75) is 34.1 Å². The fourth-order valence-electron chi connectivity index (χ4n) is 1.25. The molecule has 0 aromatic carbocycles. The van der Waals surface area contributed by atoms with Crippen LogP contribution in [0.4, 0.5) is 5.95 Å². The average molecular weight is 223 g/mol. The van der Waals surface area contributed by atoms with Gasteiger partial charge in [0.1, 0.15) is 0 Å². The highest BCUT2D eigenvalue weighted by Gasteiger charge is 2.02. The first-order valence-corrected chi connectivity index (χ1v) is 5.84. The van der Waals surface area contributed by atoms with Crippen molar-refractivity contribution in [2.24, 2.45) is 5.92 Å². The zero-order chi connectivity index (χ0) is 12.0.